The summed E-state index contributed by atoms with van der Waals surface area (Å²) in [4.78, 5) is 0. The summed E-state index contributed by atoms with van der Waals surface area (Å²) in [5.74, 6) is 0.0938. The molecule has 0 aliphatic rings. The molecule has 0 saturated heterocycles. The lowest BCUT2D eigenvalue weighted by molar-refractivity contribution is 0.283. The van der Waals surface area contributed by atoms with Gasteiger partial charge in [-0.15, -0.1) is 0 Å². The van der Waals surface area contributed by atoms with Gasteiger partial charge in [0.2, 0.25) is 0 Å². The van der Waals surface area contributed by atoms with E-state index >= 15 is 0 Å². The second kappa shape index (κ2) is 5.87. The Morgan fingerprint density at radius 2 is 1.39 bits per heavy atom. The largest absolute Gasteiger partial charge is 0.465 e. The molecule has 2 rings (SSSR count). The quantitative estimate of drug-likeness (QED) is 0.637. The van der Waals surface area contributed by atoms with E-state index in [-0.39, 0.29) is 11.9 Å². The smallest absolute Gasteiger partial charge is 0.279 e. The average molecular weight is 240 g/mol. The van der Waals surface area contributed by atoms with Crippen molar-refractivity contribution < 1.29 is 4.74 Å². The molecule has 3 nitrogen and oxygen atoms in total. The molecule has 0 spiro atoms. The number of hydrogen-bond donors (Lipinski definition) is 2. The average Bonchev–Trinajstić information content (AvgIpc) is 2.41. The van der Waals surface area contributed by atoms with Gasteiger partial charge in [0.05, 0.1) is 0 Å². The summed E-state index contributed by atoms with van der Waals surface area (Å²) in [7, 11) is 0. The Morgan fingerprint density at radius 3 is 1.78 bits per heavy atom. The Balaban J connectivity index is 2.26. The molecule has 2 aromatic carbocycles. The highest BCUT2D eigenvalue weighted by atomic mass is 16.5. The predicted molar refractivity (Wildman–Crippen MR) is 72.6 cm³/mol. The zero-order valence-corrected chi connectivity index (χ0v) is 10.0. The van der Waals surface area contributed by atoms with Crippen molar-refractivity contribution in [3.05, 3.63) is 71.8 Å². The first-order valence-electron chi connectivity index (χ1n) is 5.84. The van der Waals surface area contributed by atoms with Gasteiger partial charge >= 0.3 is 0 Å². The van der Waals surface area contributed by atoms with Crippen molar-refractivity contribution in [1.82, 2.24) is 0 Å². The number of ether oxygens (including phenoxy) is 1. The number of rotatable bonds is 4. The minimum absolute atomic E-state index is 0.0938. The molecule has 0 fully saturated rings. The van der Waals surface area contributed by atoms with E-state index in [4.69, 9.17) is 15.9 Å². The van der Waals surface area contributed by atoms with E-state index < -0.39 is 0 Å². The van der Waals surface area contributed by atoms with E-state index in [2.05, 4.69) is 24.3 Å². The SMILES string of the molecule is N=C(N)OCC(c1ccccc1)c1ccccc1. The number of benzene rings is 2. The van der Waals surface area contributed by atoms with Crippen molar-refractivity contribution in [2.75, 3.05) is 6.61 Å². The third-order valence-electron chi connectivity index (χ3n) is 2.81. The van der Waals surface area contributed by atoms with E-state index in [0.717, 1.165) is 11.1 Å². The van der Waals surface area contributed by atoms with Crippen LogP contribution >= 0.6 is 0 Å². The molecule has 0 amide bonds. The number of nitrogens with two attached hydrogens (primary N) is 1. The van der Waals surface area contributed by atoms with Crippen LogP contribution in [0.2, 0.25) is 0 Å². The second-order valence-electron chi connectivity index (χ2n) is 4.05. The molecule has 0 unspecified atom stereocenters. The molecule has 0 atom stereocenters. The molecule has 0 aliphatic heterocycles. The summed E-state index contributed by atoms with van der Waals surface area (Å²) in [5.41, 5.74) is 7.57. The van der Waals surface area contributed by atoms with Crippen LogP contribution < -0.4 is 5.73 Å². The highest BCUT2D eigenvalue weighted by Crippen LogP contribution is 2.24. The highest BCUT2D eigenvalue weighted by Gasteiger charge is 2.14. The molecule has 92 valence electrons. The Bertz CT molecular complexity index is 457. The predicted octanol–water partition coefficient (Wildman–Crippen LogP) is 2.73. The summed E-state index contributed by atoms with van der Waals surface area (Å²) in [6, 6.07) is 19.9. The van der Waals surface area contributed by atoms with Gasteiger partial charge in [0.1, 0.15) is 6.61 Å². The van der Waals surface area contributed by atoms with Gasteiger partial charge in [-0.3, -0.25) is 5.41 Å². The number of hydrogen-bond acceptors (Lipinski definition) is 2. The van der Waals surface area contributed by atoms with Gasteiger partial charge < -0.3 is 10.5 Å². The van der Waals surface area contributed by atoms with Crippen molar-refractivity contribution in [3.63, 3.8) is 0 Å². The second-order valence-corrected chi connectivity index (χ2v) is 4.05. The fraction of sp³-hybridized carbons (Fsp3) is 0.133. The van der Waals surface area contributed by atoms with Crippen LogP contribution in [0.4, 0.5) is 0 Å². The van der Waals surface area contributed by atoms with Gasteiger partial charge in [-0.2, -0.15) is 0 Å². The topological polar surface area (TPSA) is 59.1 Å². The number of nitrogens with one attached hydrogen (secondary N) is 1. The van der Waals surface area contributed by atoms with Crippen LogP contribution in [-0.2, 0) is 4.74 Å². The van der Waals surface area contributed by atoms with Crippen molar-refractivity contribution in [1.29, 1.82) is 5.41 Å². The third kappa shape index (κ3) is 3.10. The Labute approximate surface area is 107 Å². The van der Waals surface area contributed by atoms with E-state index in [9.17, 15) is 0 Å². The highest BCUT2D eigenvalue weighted by molar-refractivity contribution is 5.67. The molecule has 3 N–H and O–H groups in total. The molecule has 2 aromatic rings. The minimum Gasteiger partial charge on any atom is -0.465 e. The summed E-state index contributed by atoms with van der Waals surface area (Å²) in [6.45, 7) is 0.378. The third-order valence-corrected chi connectivity index (χ3v) is 2.81. The van der Waals surface area contributed by atoms with Crippen LogP contribution in [-0.4, -0.2) is 12.6 Å². The van der Waals surface area contributed by atoms with Crippen LogP contribution in [0.15, 0.2) is 60.7 Å². The van der Waals surface area contributed by atoms with Gasteiger partial charge in [0.15, 0.2) is 0 Å². The fourth-order valence-electron chi connectivity index (χ4n) is 1.93. The van der Waals surface area contributed by atoms with Gasteiger partial charge in [0.25, 0.3) is 6.02 Å². The molecular formula is C15H16N2O. The van der Waals surface area contributed by atoms with Crippen molar-refractivity contribution in [3.8, 4) is 0 Å². The lowest BCUT2D eigenvalue weighted by Crippen LogP contribution is -2.19. The summed E-state index contributed by atoms with van der Waals surface area (Å²) < 4.78 is 5.17. The summed E-state index contributed by atoms with van der Waals surface area (Å²) in [5, 5.41) is 7.17. The maximum absolute atomic E-state index is 7.17. The van der Waals surface area contributed by atoms with Crippen LogP contribution in [0.1, 0.15) is 17.0 Å². The number of amidine groups is 1. The van der Waals surface area contributed by atoms with Crippen LogP contribution in [0.25, 0.3) is 0 Å². The maximum Gasteiger partial charge on any atom is 0.279 e. The standard InChI is InChI=1S/C15H16N2O/c16-15(17)18-11-14(12-7-3-1-4-8-12)13-9-5-2-6-10-13/h1-10,14H,11H2,(H3,16,17). The first kappa shape index (κ1) is 12.2. The first-order valence-corrected chi connectivity index (χ1v) is 5.84. The zero-order valence-electron chi connectivity index (χ0n) is 10.0. The van der Waals surface area contributed by atoms with Crippen molar-refractivity contribution in [2.45, 2.75) is 5.92 Å². The summed E-state index contributed by atoms with van der Waals surface area (Å²) >= 11 is 0. The zero-order chi connectivity index (χ0) is 12.8. The lowest BCUT2D eigenvalue weighted by atomic mass is 9.92. The molecule has 0 radical (unpaired) electrons. The first-order chi connectivity index (χ1) is 8.77. The van der Waals surface area contributed by atoms with Crippen molar-refractivity contribution >= 4 is 6.02 Å². The maximum atomic E-state index is 7.17. The van der Waals surface area contributed by atoms with Gasteiger partial charge in [-0.25, -0.2) is 0 Å². The van der Waals surface area contributed by atoms with Gasteiger partial charge in [-0.1, -0.05) is 60.7 Å². The van der Waals surface area contributed by atoms with E-state index in [1.165, 1.54) is 0 Å². The lowest BCUT2D eigenvalue weighted by Gasteiger charge is -2.18. The van der Waals surface area contributed by atoms with Gasteiger partial charge in [-0.05, 0) is 11.1 Å². The van der Waals surface area contributed by atoms with Crippen LogP contribution in [0, 0.1) is 5.41 Å². The Hall–Kier alpha value is -2.29. The fourth-order valence-corrected chi connectivity index (χ4v) is 1.93. The van der Waals surface area contributed by atoms with Crippen LogP contribution in [0.5, 0.6) is 0 Å². The molecule has 0 heterocycles. The van der Waals surface area contributed by atoms with Gasteiger partial charge in [0, 0.05) is 5.92 Å². The Kier molecular flexibility index (Phi) is 3.97. The van der Waals surface area contributed by atoms with E-state index in [0.29, 0.717) is 6.61 Å². The van der Waals surface area contributed by atoms with Crippen molar-refractivity contribution in [2.24, 2.45) is 5.73 Å². The monoisotopic (exact) mass is 240 g/mol. The molecule has 18 heavy (non-hydrogen) atoms. The molecule has 0 bridgehead atoms. The Morgan fingerprint density at radius 1 is 0.944 bits per heavy atom. The summed E-state index contributed by atoms with van der Waals surface area (Å²) in [6.07, 6.45) is 0. The normalized spacial score (nSPS) is 10.3. The van der Waals surface area contributed by atoms with E-state index in [1.807, 2.05) is 36.4 Å². The minimum atomic E-state index is -0.244. The molecule has 0 aromatic heterocycles. The molecule has 3 heteroatoms. The molecule has 0 saturated carbocycles. The van der Waals surface area contributed by atoms with E-state index in [1.54, 1.807) is 0 Å². The molecule has 0 aliphatic carbocycles. The van der Waals surface area contributed by atoms with Crippen LogP contribution in [0.3, 0.4) is 0 Å². The molecular weight excluding hydrogens is 224 g/mol.